The molecule has 2 aromatic carbocycles. The molecule has 2 atom stereocenters. The first-order valence-corrected chi connectivity index (χ1v) is 8.84. The van der Waals surface area contributed by atoms with Crippen molar-refractivity contribution in [1.82, 2.24) is 16.2 Å². The molecule has 0 aromatic heterocycles. The van der Waals surface area contributed by atoms with Gasteiger partial charge in [0.25, 0.3) is 0 Å². The Hall–Kier alpha value is -2.57. The zero-order valence-electron chi connectivity index (χ0n) is 15.1. The molecule has 1 heterocycles. The minimum absolute atomic E-state index is 0.0280. The Bertz CT molecular complexity index is 733. The Kier molecular flexibility index (Phi) is 6.09. The molecule has 3 N–H and O–H groups in total. The molecule has 138 valence electrons. The molecule has 0 bridgehead atoms. The van der Waals surface area contributed by atoms with Crippen LogP contribution in [0.2, 0.25) is 0 Å². The number of nitrogens with one attached hydrogen (secondary N) is 3. The normalized spacial score (nSPS) is 19.2. The van der Waals surface area contributed by atoms with Gasteiger partial charge in [0, 0.05) is 18.2 Å². The number of carbonyl (C=O) groups is 1. The molecule has 26 heavy (non-hydrogen) atoms. The summed E-state index contributed by atoms with van der Waals surface area (Å²) in [6.45, 7) is 2.99. The van der Waals surface area contributed by atoms with Crippen molar-refractivity contribution >= 4 is 5.91 Å². The van der Waals surface area contributed by atoms with Crippen molar-refractivity contribution < 1.29 is 14.3 Å². The van der Waals surface area contributed by atoms with Gasteiger partial charge < -0.3 is 14.8 Å². The van der Waals surface area contributed by atoms with Crippen LogP contribution in [0, 0.1) is 0 Å². The lowest BCUT2D eigenvalue weighted by Gasteiger charge is -2.13. The van der Waals surface area contributed by atoms with Crippen LogP contribution in [0.1, 0.15) is 30.5 Å². The standard InChI is InChI=1S/C20H25N3O3/c1-3-26-19-7-5-4-6-15(19)13-21-20(24)18-12-17(22-23-18)14-8-10-16(25-2)11-9-14/h4-11,17-18,22-23H,3,12-13H2,1-2H3,(H,21,24). The van der Waals surface area contributed by atoms with E-state index in [0.717, 1.165) is 22.6 Å². The Labute approximate surface area is 153 Å². The number of carbonyl (C=O) groups excluding carboxylic acids is 1. The third-order valence-corrected chi connectivity index (χ3v) is 4.46. The number of amides is 1. The van der Waals surface area contributed by atoms with E-state index in [9.17, 15) is 4.79 Å². The zero-order valence-corrected chi connectivity index (χ0v) is 15.1. The number of hydrogen-bond donors (Lipinski definition) is 3. The first-order chi connectivity index (χ1) is 12.7. The average molecular weight is 355 g/mol. The Morgan fingerprint density at radius 1 is 1.15 bits per heavy atom. The summed E-state index contributed by atoms with van der Waals surface area (Å²) < 4.78 is 10.8. The SMILES string of the molecule is CCOc1ccccc1CNC(=O)C1CC(c2ccc(OC)cc2)NN1. The van der Waals surface area contributed by atoms with E-state index in [1.54, 1.807) is 7.11 Å². The lowest BCUT2D eigenvalue weighted by molar-refractivity contribution is -0.123. The summed E-state index contributed by atoms with van der Waals surface area (Å²) in [5.41, 5.74) is 8.37. The van der Waals surface area contributed by atoms with E-state index >= 15 is 0 Å². The molecule has 0 aliphatic carbocycles. The smallest absolute Gasteiger partial charge is 0.238 e. The van der Waals surface area contributed by atoms with Gasteiger partial charge in [0.15, 0.2) is 0 Å². The van der Waals surface area contributed by atoms with Crippen LogP contribution in [0.4, 0.5) is 0 Å². The van der Waals surface area contributed by atoms with E-state index in [1.807, 2.05) is 55.5 Å². The molecule has 0 radical (unpaired) electrons. The molecule has 2 aromatic rings. The van der Waals surface area contributed by atoms with Gasteiger partial charge in [-0.2, -0.15) is 0 Å². The lowest BCUT2D eigenvalue weighted by atomic mass is 10.0. The van der Waals surface area contributed by atoms with Crippen LogP contribution in [0.3, 0.4) is 0 Å². The largest absolute Gasteiger partial charge is 0.497 e. The summed E-state index contributed by atoms with van der Waals surface area (Å²) in [4.78, 5) is 12.5. The van der Waals surface area contributed by atoms with Gasteiger partial charge >= 0.3 is 0 Å². The second-order valence-electron chi connectivity index (χ2n) is 6.16. The molecule has 1 amide bonds. The van der Waals surface area contributed by atoms with Gasteiger partial charge in [0.1, 0.15) is 17.5 Å². The topological polar surface area (TPSA) is 71.6 Å². The third kappa shape index (κ3) is 4.33. The summed E-state index contributed by atoms with van der Waals surface area (Å²) in [6, 6.07) is 15.4. The van der Waals surface area contributed by atoms with Gasteiger partial charge in [-0.1, -0.05) is 30.3 Å². The van der Waals surface area contributed by atoms with Crippen LogP contribution < -0.4 is 25.6 Å². The average Bonchev–Trinajstić information content (AvgIpc) is 3.18. The Morgan fingerprint density at radius 3 is 2.65 bits per heavy atom. The third-order valence-electron chi connectivity index (χ3n) is 4.46. The van der Waals surface area contributed by atoms with Gasteiger partial charge in [-0.15, -0.1) is 0 Å². The summed E-state index contributed by atoms with van der Waals surface area (Å²) in [5.74, 6) is 1.60. The predicted molar refractivity (Wildman–Crippen MR) is 99.9 cm³/mol. The highest BCUT2D eigenvalue weighted by Crippen LogP contribution is 2.24. The van der Waals surface area contributed by atoms with Crippen molar-refractivity contribution in [2.45, 2.75) is 32.0 Å². The number of methoxy groups -OCH3 is 1. The first-order valence-electron chi connectivity index (χ1n) is 8.84. The lowest BCUT2D eigenvalue weighted by Crippen LogP contribution is -2.42. The number of para-hydroxylation sites is 1. The maximum absolute atomic E-state index is 12.5. The van der Waals surface area contributed by atoms with Crippen LogP contribution >= 0.6 is 0 Å². The van der Waals surface area contributed by atoms with Gasteiger partial charge in [-0.25, -0.2) is 10.9 Å². The van der Waals surface area contributed by atoms with E-state index in [0.29, 0.717) is 19.6 Å². The molecule has 0 spiro atoms. The zero-order chi connectivity index (χ0) is 18.4. The van der Waals surface area contributed by atoms with Gasteiger partial charge in [0.2, 0.25) is 5.91 Å². The number of ether oxygens (including phenoxy) is 2. The molecule has 2 unspecified atom stereocenters. The molecular formula is C20H25N3O3. The number of benzene rings is 2. The van der Waals surface area contributed by atoms with Crippen molar-refractivity contribution in [3.63, 3.8) is 0 Å². The van der Waals surface area contributed by atoms with Crippen molar-refractivity contribution in [2.75, 3.05) is 13.7 Å². The maximum Gasteiger partial charge on any atom is 0.238 e. The van der Waals surface area contributed by atoms with Crippen LogP contribution in [-0.2, 0) is 11.3 Å². The number of hydrogen-bond acceptors (Lipinski definition) is 5. The molecule has 6 nitrogen and oxygen atoms in total. The first kappa shape index (κ1) is 18.2. The van der Waals surface area contributed by atoms with Crippen LogP contribution in [0.15, 0.2) is 48.5 Å². The van der Waals surface area contributed by atoms with Crippen molar-refractivity contribution in [3.05, 3.63) is 59.7 Å². The van der Waals surface area contributed by atoms with Crippen molar-refractivity contribution in [2.24, 2.45) is 0 Å². The molecule has 1 saturated heterocycles. The summed E-state index contributed by atoms with van der Waals surface area (Å²) in [5, 5.41) is 2.99. The van der Waals surface area contributed by atoms with E-state index < -0.39 is 0 Å². The molecule has 0 saturated carbocycles. The second-order valence-corrected chi connectivity index (χ2v) is 6.16. The van der Waals surface area contributed by atoms with Crippen molar-refractivity contribution in [1.29, 1.82) is 0 Å². The molecular weight excluding hydrogens is 330 g/mol. The van der Waals surface area contributed by atoms with Crippen molar-refractivity contribution in [3.8, 4) is 11.5 Å². The summed E-state index contributed by atoms with van der Waals surface area (Å²) in [7, 11) is 1.65. The fraction of sp³-hybridized carbons (Fsp3) is 0.350. The summed E-state index contributed by atoms with van der Waals surface area (Å²) in [6.07, 6.45) is 0.686. The highest BCUT2D eigenvalue weighted by atomic mass is 16.5. The highest BCUT2D eigenvalue weighted by molar-refractivity contribution is 5.82. The van der Waals surface area contributed by atoms with E-state index in [-0.39, 0.29) is 18.0 Å². The quantitative estimate of drug-likeness (QED) is 0.711. The van der Waals surface area contributed by atoms with E-state index in [1.165, 1.54) is 0 Å². The molecule has 6 heteroatoms. The number of hydrazine groups is 1. The molecule has 1 fully saturated rings. The fourth-order valence-electron chi connectivity index (χ4n) is 3.03. The molecule has 3 rings (SSSR count). The number of rotatable bonds is 7. The Morgan fingerprint density at radius 2 is 1.92 bits per heavy atom. The summed E-state index contributed by atoms with van der Waals surface area (Å²) >= 11 is 0. The van der Waals surface area contributed by atoms with E-state index in [4.69, 9.17) is 9.47 Å². The van der Waals surface area contributed by atoms with Gasteiger partial charge in [0.05, 0.1) is 13.7 Å². The monoisotopic (exact) mass is 355 g/mol. The predicted octanol–water partition coefficient (Wildman–Crippen LogP) is 2.32. The van der Waals surface area contributed by atoms with Crippen LogP contribution in [0.25, 0.3) is 0 Å². The maximum atomic E-state index is 12.5. The highest BCUT2D eigenvalue weighted by Gasteiger charge is 2.30. The van der Waals surface area contributed by atoms with Crippen LogP contribution in [0.5, 0.6) is 11.5 Å². The molecule has 1 aliphatic rings. The van der Waals surface area contributed by atoms with Gasteiger partial charge in [-0.05, 0) is 37.1 Å². The fourth-order valence-corrected chi connectivity index (χ4v) is 3.03. The minimum Gasteiger partial charge on any atom is -0.497 e. The minimum atomic E-state index is -0.277. The molecule has 1 aliphatic heterocycles. The van der Waals surface area contributed by atoms with E-state index in [2.05, 4.69) is 16.2 Å². The van der Waals surface area contributed by atoms with Gasteiger partial charge in [-0.3, -0.25) is 4.79 Å². The Balaban J connectivity index is 1.54. The van der Waals surface area contributed by atoms with Crippen LogP contribution in [-0.4, -0.2) is 25.7 Å². The second kappa shape index (κ2) is 8.69.